The molecule has 1 aliphatic rings. The first kappa shape index (κ1) is 26.4. The van der Waals surface area contributed by atoms with Gasteiger partial charge >= 0.3 is 0 Å². The number of pyridine rings is 1. The molecule has 1 saturated heterocycles. The van der Waals surface area contributed by atoms with Gasteiger partial charge in [0.05, 0.1) is 0 Å². The van der Waals surface area contributed by atoms with Crippen LogP contribution in [-0.2, 0) is 20.0 Å². The van der Waals surface area contributed by atoms with Crippen LogP contribution in [0.2, 0.25) is 0 Å². The van der Waals surface area contributed by atoms with Crippen molar-refractivity contribution >= 4 is 31.7 Å². The fraction of sp³-hybridized carbons (Fsp3) is 0.333. The Balaban J connectivity index is 0.00000187. The number of nitrogens with zero attached hydrogens (tertiary/aromatic N) is 2. The van der Waals surface area contributed by atoms with Crippen LogP contribution in [-0.4, -0.2) is 46.8 Å². The van der Waals surface area contributed by atoms with Crippen LogP contribution in [0.1, 0.15) is 25.8 Å². The summed E-state index contributed by atoms with van der Waals surface area (Å²) in [7, 11) is -8.87. The maximum Gasteiger partial charge on any atom is 0.242 e. The summed E-state index contributed by atoms with van der Waals surface area (Å²) in [5.74, 6) is 5.04. The molecular weight excluding hydrogens is 470 g/mol. The van der Waals surface area contributed by atoms with Crippen LogP contribution < -0.4 is 38.0 Å². The molecule has 1 unspecified atom stereocenters. The predicted octanol–water partition coefficient (Wildman–Crippen LogP) is -1.27. The number of anilines is 1. The van der Waals surface area contributed by atoms with E-state index in [9.17, 15) is 16.8 Å². The van der Waals surface area contributed by atoms with Gasteiger partial charge in [0, 0.05) is 29.9 Å². The van der Waals surface area contributed by atoms with Crippen molar-refractivity contribution in [3.05, 3.63) is 36.0 Å². The summed E-state index contributed by atoms with van der Waals surface area (Å²) in [6.07, 6.45) is 1.92. The van der Waals surface area contributed by atoms with Gasteiger partial charge in [0.25, 0.3) is 0 Å². The second-order valence-corrected chi connectivity index (χ2v) is 9.95. The number of benzene rings is 1. The molecule has 2 aromatic rings. The summed E-state index contributed by atoms with van der Waals surface area (Å²) < 4.78 is 53.8. The number of rotatable bonds is 7. The maximum absolute atomic E-state index is 13.1. The second-order valence-electron chi connectivity index (χ2n) is 6.77. The lowest BCUT2D eigenvalue weighted by Crippen LogP contribution is -2.37. The number of hydrogen-bond acceptors (Lipinski definition) is 10. The Morgan fingerprint density at radius 3 is 2.39 bits per heavy atom. The van der Waals surface area contributed by atoms with Gasteiger partial charge in [-0.15, -0.1) is 5.10 Å². The molecule has 33 heavy (non-hydrogen) atoms. The number of hydrazine groups is 1. The summed E-state index contributed by atoms with van der Waals surface area (Å²) in [4.78, 5) is 2.70. The van der Waals surface area contributed by atoms with Crippen molar-refractivity contribution < 1.29 is 16.8 Å². The van der Waals surface area contributed by atoms with Gasteiger partial charge in [-0.3, -0.25) is 0 Å². The van der Waals surface area contributed by atoms with Gasteiger partial charge in [-0.25, -0.2) is 43.1 Å². The number of sulfonamides is 2. The van der Waals surface area contributed by atoms with Crippen LogP contribution in [0.4, 0.5) is 5.82 Å². The highest BCUT2D eigenvalue weighted by Gasteiger charge is 2.33. The van der Waals surface area contributed by atoms with Gasteiger partial charge < -0.3 is 16.8 Å². The molecule has 0 saturated carbocycles. The van der Waals surface area contributed by atoms with Crippen LogP contribution in [0.25, 0.3) is 11.1 Å². The lowest BCUT2D eigenvalue weighted by Gasteiger charge is -2.19. The average Bonchev–Trinajstić information content (AvgIpc) is 3.26. The zero-order chi connectivity index (χ0) is 24.8. The number of aromatic nitrogens is 1. The summed E-state index contributed by atoms with van der Waals surface area (Å²) in [6.45, 7) is 5.04. The highest BCUT2D eigenvalue weighted by atomic mass is 32.2. The minimum atomic E-state index is -4.59. The smallest absolute Gasteiger partial charge is 0.242 e. The zero-order valence-electron chi connectivity index (χ0n) is 18.2. The molecule has 11 N–H and O–H groups in total. The monoisotopic (exact) mass is 499 g/mol. The van der Waals surface area contributed by atoms with E-state index in [1.165, 1.54) is 18.3 Å². The van der Waals surface area contributed by atoms with Crippen molar-refractivity contribution in [3.63, 3.8) is 0 Å². The van der Waals surface area contributed by atoms with Crippen LogP contribution in [0.5, 0.6) is 0 Å². The Bertz CT molecular complexity index is 1210. The van der Waals surface area contributed by atoms with Gasteiger partial charge in [-0.05, 0) is 36.7 Å². The first-order valence-corrected chi connectivity index (χ1v) is 13.0. The minimum absolute atomic E-state index is 0.217. The molecule has 0 aliphatic carbocycles. The number of amidine groups is 1. The lowest BCUT2D eigenvalue weighted by molar-refractivity contribution is 0.555. The van der Waals surface area contributed by atoms with Crippen molar-refractivity contribution in [1.82, 2.24) is 20.6 Å². The third-order valence-electron chi connectivity index (χ3n) is 4.62. The molecule has 1 atom stereocenters. The molecular formula is C18H29N9O4S2. The van der Waals surface area contributed by atoms with Gasteiger partial charge in [-0.2, -0.15) is 0 Å². The van der Waals surface area contributed by atoms with Gasteiger partial charge in [0.1, 0.15) is 15.6 Å². The SMILES string of the molecule is CC.NN/N=C(\N)c1c(-c2ccc(N)nc2)ccc(S(=O)(=O)NC2CCNC2)c1S(N)(=O)=O. The molecule has 0 radical (unpaired) electrons. The van der Waals surface area contributed by atoms with E-state index in [-0.39, 0.29) is 16.9 Å². The molecule has 182 valence electrons. The summed E-state index contributed by atoms with van der Waals surface area (Å²) in [5.41, 5.74) is 13.9. The minimum Gasteiger partial charge on any atom is -0.384 e. The number of primary sulfonamides is 1. The van der Waals surface area contributed by atoms with Crippen molar-refractivity contribution in [3.8, 4) is 11.1 Å². The molecule has 1 aromatic heterocycles. The van der Waals surface area contributed by atoms with E-state index in [0.717, 1.165) is 6.07 Å². The average molecular weight is 500 g/mol. The molecule has 0 bridgehead atoms. The van der Waals surface area contributed by atoms with E-state index in [2.05, 4.69) is 20.1 Å². The van der Waals surface area contributed by atoms with E-state index in [0.29, 0.717) is 25.1 Å². The Hall–Kier alpha value is -2.82. The highest BCUT2D eigenvalue weighted by molar-refractivity contribution is 7.92. The third kappa shape index (κ3) is 6.16. The number of hydrogen-bond donors (Lipinski definition) is 7. The second kappa shape index (κ2) is 10.9. The first-order chi connectivity index (χ1) is 15.5. The molecule has 13 nitrogen and oxygen atoms in total. The van der Waals surface area contributed by atoms with Crippen molar-refractivity contribution in [2.45, 2.75) is 36.1 Å². The molecule has 1 aliphatic heterocycles. The maximum atomic E-state index is 13.1. The third-order valence-corrected chi connectivity index (χ3v) is 7.30. The molecule has 15 heteroatoms. The zero-order valence-corrected chi connectivity index (χ0v) is 19.9. The normalized spacial score (nSPS) is 16.7. The van der Waals surface area contributed by atoms with E-state index in [1.54, 1.807) is 6.07 Å². The summed E-state index contributed by atoms with van der Waals surface area (Å²) >= 11 is 0. The molecule has 3 rings (SSSR count). The van der Waals surface area contributed by atoms with E-state index >= 15 is 0 Å². The van der Waals surface area contributed by atoms with Crippen molar-refractivity contribution in [1.29, 1.82) is 0 Å². The van der Waals surface area contributed by atoms with Gasteiger partial charge in [0.2, 0.25) is 20.0 Å². The van der Waals surface area contributed by atoms with Crippen LogP contribution in [0.3, 0.4) is 0 Å². The van der Waals surface area contributed by atoms with Crippen molar-refractivity contribution in [2.24, 2.45) is 21.8 Å². The van der Waals surface area contributed by atoms with Gasteiger partial charge in [-0.1, -0.05) is 19.9 Å². The van der Waals surface area contributed by atoms with Gasteiger partial charge in [0.15, 0.2) is 5.84 Å². The number of nitrogen functional groups attached to an aromatic ring is 1. The van der Waals surface area contributed by atoms with E-state index < -0.39 is 41.7 Å². The van der Waals surface area contributed by atoms with E-state index in [1.807, 2.05) is 19.4 Å². The Labute approximate surface area is 193 Å². The number of nitrogens with one attached hydrogen (secondary N) is 3. The predicted molar refractivity (Wildman–Crippen MR) is 126 cm³/mol. The largest absolute Gasteiger partial charge is 0.384 e. The Morgan fingerprint density at radius 1 is 1.18 bits per heavy atom. The molecule has 0 spiro atoms. The summed E-state index contributed by atoms with van der Waals surface area (Å²) in [5, 5.41) is 12.1. The lowest BCUT2D eigenvalue weighted by atomic mass is 10.0. The number of hydrazone groups is 1. The fourth-order valence-electron chi connectivity index (χ4n) is 3.28. The van der Waals surface area contributed by atoms with Crippen LogP contribution in [0, 0.1) is 0 Å². The molecule has 0 amide bonds. The van der Waals surface area contributed by atoms with E-state index in [4.69, 9.17) is 22.4 Å². The summed E-state index contributed by atoms with van der Waals surface area (Å²) in [6, 6.07) is 5.18. The fourth-order valence-corrected chi connectivity index (χ4v) is 6.17. The molecule has 1 aromatic carbocycles. The Kier molecular flexibility index (Phi) is 8.70. The van der Waals surface area contributed by atoms with Crippen LogP contribution >= 0.6 is 0 Å². The highest BCUT2D eigenvalue weighted by Crippen LogP contribution is 2.33. The van der Waals surface area contributed by atoms with Crippen LogP contribution in [0.15, 0.2) is 45.4 Å². The molecule has 2 heterocycles. The topological polar surface area (TPSA) is 234 Å². The first-order valence-electron chi connectivity index (χ1n) is 9.98. The van der Waals surface area contributed by atoms with Crippen molar-refractivity contribution in [2.75, 3.05) is 18.8 Å². The Morgan fingerprint density at radius 2 is 1.88 bits per heavy atom. The molecule has 1 fully saturated rings. The quantitative estimate of drug-likeness (QED) is 0.103. The standard InChI is InChI=1S/C16H23N9O4S2.C2H6/c17-13-4-1-9(7-22-13)11-2-3-12(31(28,29)24-10-5-6-21-8-10)15(30(20,26)27)14(11)16(18)23-25-19;1-2/h1-4,7,10,21,24-25H,5-6,8,19H2,(H2,17,22)(H2,18,23)(H2,20,26,27);1-2H3. The number of nitrogens with two attached hydrogens (primary N) is 4.